The van der Waals surface area contributed by atoms with Gasteiger partial charge in [0.1, 0.15) is 11.8 Å². The second-order valence-electron chi connectivity index (χ2n) is 8.19. The van der Waals surface area contributed by atoms with Crippen molar-refractivity contribution in [2.45, 2.75) is 39.7 Å². The topological polar surface area (TPSA) is 69.6 Å². The summed E-state index contributed by atoms with van der Waals surface area (Å²) >= 11 is 12.7. The van der Waals surface area contributed by atoms with Gasteiger partial charge in [-0.3, -0.25) is 9.59 Å². The molecule has 0 aliphatic heterocycles. The highest BCUT2D eigenvalue weighted by molar-refractivity contribution is 6.35. The van der Waals surface area contributed by atoms with Crippen LogP contribution in [-0.4, -0.2) is 28.4 Å². The number of unbranched alkanes of at least 4 members (excludes halogenated alkanes) is 1. The van der Waals surface area contributed by atoms with Crippen molar-refractivity contribution in [2.75, 3.05) is 11.9 Å². The highest BCUT2D eigenvalue weighted by Crippen LogP contribution is 2.34. The quantitative estimate of drug-likeness (QED) is 0.353. The predicted octanol–water partition coefficient (Wildman–Crippen LogP) is 6.94. The number of amides is 2. The van der Waals surface area contributed by atoms with Gasteiger partial charge in [-0.25, -0.2) is 0 Å². The van der Waals surface area contributed by atoms with Crippen molar-refractivity contribution in [3.05, 3.63) is 93.0 Å². The van der Waals surface area contributed by atoms with Gasteiger partial charge in [-0.05, 0) is 55.7 Å². The van der Waals surface area contributed by atoms with E-state index in [0.717, 1.165) is 17.5 Å². The fourth-order valence-electron chi connectivity index (χ4n) is 3.86. The number of hydrogen-bond acceptors (Lipinski definition) is 3. The number of nitrogens with one attached hydrogen (secondary N) is 1. The van der Waals surface area contributed by atoms with E-state index in [1.54, 1.807) is 36.4 Å². The molecule has 0 aliphatic carbocycles. The predicted molar refractivity (Wildman–Crippen MR) is 138 cm³/mol. The number of carbonyl (C=O) groups excluding carboxylic acids is 2. The van der Waals surface area contributed by atoms with E-state index < -0.39 is 17.9 Å². The van der Waals surface area contributed by atoms with Gasteiger partial charge in [0, 0.05) is 27.8 Å². The van der Waals surface area contributed by atoms with Gasteiger partial charge in [-0.1, -0.05) is 72.9 Å². The number of anilines is 1. The lowest BCUT2D eigenvalue weighted by Crippen LogP contribution is -2.42. The van der Waals surface area contributed by atoms with Gasteiger partial charge in [-0.15, -0.1) is 0 Å². The molecular formula is C27H28Cl2N2O3. The first-order chi connectivity index (χ1) is 16.2. The normalized spacial score (nSPS) is 11.7. The number of aromatic hydroxyl groups is 1. The van der Waals surface area contributed by atoms with Crippen LogP contribution >= 0.6 is 23.2 Å². The number of hydrogen-bond donors (Lipinski definition) is 2. The van der Waals surface area contributed by atoms with Gasteiger partial charge in [0.2, 0.25) is 0 Å². The van der Waals surface area contributed by atoms with E-state index in [1.165, 1.54) is 11.0 Å². The van der Waals surface area contributed by atoms with Gasteiger partial charge >= 0.3 is 0 Å². The first kappa shape index (κ1) is 25.6. The van der Waals surface area contributed by atoms with Crippen LogP contribution in [0.1, 0.15) is 52.9 Å². The van der Waals surface area contributed by atoms with Gasteiger partial charge in [0.05, 0.1) is 5.56 Å². The fourth-order valence-corrected chi connectivity index (χ4v) is 4.37. The van der Waals surface area contributed by atoms with E-state index in [2.05, 4.69) is 5.32 Å². The number of carbonyl (C=O) groups is 2. The molecule has 7 heteroatoms. The average molecular weight is 499 g/mol. The third kappa shape index (κ3) is 5.72. The van der Waals surface area contributed by atoms with Gasteiger partial charge in [-0.2, -0.15) is 0 Å². The first-order valence-electron chi connectivity index (χ1n) is 11.2. The van der Waals surface area contributed by atoms with Crippen LogP contribution in [0.3, 0.4) is 0 Å². The van der Waals surface area contributed by atoms with Gasteiger partial charge < -0.3 is 15.3 Å². The summed E-state index contributed by atoms with van der Waals surface area (Å²) in [6.45, 7) is 6.13. The lowest BCUT2D eigenvalue weighted by Gasteiger charge is -2.32. The summed E-state index contributed by atoms with van der Waals surface area (Å²) < 4.78 is 0. The molecule has 178 valence electrons. The molecule has 0 spiro atoms. The molecule has 0 saturated heterocycles. The molecule has 1 atom stereocenters. The smallest absolute Gasteiger partial charge is 0.258 e. The average Bonchev–Trinajstić information content (AvgIpc) is 2.80. The Morgan fingerprint density at radius 3 is 2.29 bits per heavy atom. The molecule has 0 saturated carbocycles. The molecule has 0 radical (unpaired) electrons. The number of phenolic OH excluding ortho intramolecular Hbond substituents is 1. The van der Waals surface area contributed by atoms with E-state index in [0.29, 0.717) is 29.2 Å². The highest BCUT2D eigenvalue weighted by atomic mass is 35.5. The van der Waals surface area contributed by atoms with E-state index >= 15 is 0 Å². The lowest BCUT2D eigenvalue weighted by atomic mass is 10.0. The standard InChI is InChI=1S/C27H28Cl2N2O3/c1-4-5-15-31(27(34)21-11-6-7-12-23(21)32)25(20-14-13-19(28)16-22(20)29)26(33)30-24-17(2)9-8-10-18(24)3/h6-14,16,25,32H,4-5,15H2,1-3H3,(H,30,33). The Bertz CT molecular complexity index is 1180. The molecule has 1 unspecified atom stereocenters. The number of aryl methyl sites for hydroxylation is 2. The number of nitrogens with zero attached hydrogens (tertiary/aromatic N) is 1. The Balaban J connectivity index is 2.13. The number of rotatable bonds is 8. The number of phenols is 1. The van der Waals surface area contributed by atoms with E-state index in [9.17, 15) is 14.7 Å². The minimum atomic E-state index is -1.04. The maximum absolute atomic E-state index is 13.8. The van der Waals surface area contributed by atoms with Crippen molar-refractivity contribution in [3.8, 4) is 5.75 Å². The Morgan fingerprint density at radius 2 is 1.68 bits per heavy atom. The molecule has 34 heavy (non-hydrogen) atoms. The molecule has 0 aliphatic rings. The molecular weight excluding hydrogens is 471 g/mol. The number of para-hydroxylation sites is 2. The van der Waals surface area contributed by atoms with E-state index in [-0.39, 0.29) is 16.3 Å². The molecule has 5 nitrogen and oxygen atoms in total. The molecule has 3 aromatic rings. The maximum atomic E-state index is 13.8. The van der Waals surface area contributed by atoms with Crippen LogP contribution in [0.2, 0.25) is 10.0 Å². The molecule has 2 N–H and O–H groups in total. The third-order valence-electron chi connectivity index (χ3n) is 5.69. The molecule has 0 aromatic heterocycles. The summed E-state index contributed by atoms with van der Waals surface area (Å²) in [4.78, 5) is 29.0. The van der Waals surface area contributed by atoms with Crippen molar-refractivity contribution in [2.24, 2.45) is 0 Å². The SMILES string of the molecule is CCCCN(C(=O)c1ccccc1O)C(C(=O)Nc1c(C)cccc1C)c1ccc(Cl)cc1Cl. The van der Waals surface area contributed by atoms with Crippen molar-refractivity contribution in [1.82, 2.24) is 4.90 Å². The largest absolute Gasteiger partial charge is 0.507 e. The Labute approximate surface area is 210 Å². The maximum Gasteiger partial charge on any atom is 0.258 e. The zero-order chi connectivity index (χ0) is 24.8. The molecule has 0 bridgehead atoms. The van der Waals surface area contributed by atoms with Crippen LogP contribution in [0.4, 0.5) is 5.69 Å². The Hall–Kier alpha value is -3.02. The van der Waals surface area contributed by atoms with Gasteiger partial charge in [0.15, 0.2) is 0 Å². The van der Waals surface area contributed by atoms with Crippen LogP contribution in [0.15, 0.2) is 60.7 Å². The summed E-state index contributed by atoms with van der Waals surface area (Å²) in [5.41, 5.74) is 3.07. The van der Waals surface area contributed by atoms with Crippen LogP contribution in [0, 0.1) is 13.8 Å². The highest BCUT2D eigenvalue weighted by Gasteiger charge is 2.34. The molecule has 3 rings (SSSR count). The zero-order valence-electron chi connectivity index (χ0n) is 19.4. The second kappa shape index (κ2) is 11.4. The van der Waals surface area contributed by atoms with Crippen LogP contribution in [0.25, 0.3) is 0 Å². The second-order valence-corrected chi connectivity index (χ2v) is 9.04. The zero-order valence-corrected chi connectivity index (χ0v) is 21.0. The summed E-state index contributed by atoms with van der Waals surface area (Å²) in [6, 6.07) is 15.9. The third-order valence-corrected chi connectivity index (χ3v) is 6.26. The molecule has 0 heterocycles. The summed E-state index contributed by atoms with van der Waals surface area (Å²) in [5, 5.41) is 14.1. The minimum Gasteiger partial charge on any atom is -0.507 e. The monoisotopic (exact) mass is 498 g/mol. The van der Waals surface area contributed by atoms with Crippen molar-refractivity contribution in [1.29, 1.82) is 0 Å². The van der Waals surface area contributed by atoms with Crippen LogP contribution < -0.4 is 5.32 Å². The van der Waals surface area contributed by atoms with Crippen molar-refractivity contribution in [3.63, 3.8) is 0 Å². The Kier molecular flexibility index (Phi) is 8.59. The molecule has 0 fully saturated rings. The van der Waals surface area contributed by atoms with Crippen LogP contribution in [-0.2, 0) is 4.79 Å². The number of benzene rings is 3. The van der Waals surface area contributed by atoms with Crippen molar-refractivity contribution >= 4 is 40.7 Å². The van der Waals surface area contributed by atoms with E-state index in [1.807, 2.05) is 39.0 Å². The number of halogens is 2. The van der Waals surface area contributed by atoms with Crippen molar-refractivity contribution < 1.29 is 14.7 Å². The van der Waals surface area contributed by atoms with Crippen LogP contribution in [0.5, 0.6) is 5.75 Å². The first-order valence-corrected chi connectivity index (χ1v) is 11.9. The van der Waals surface area contributed by atoms with Gasteiger partial charge in [0.25, 0.3) is 11.8 Å². The summed E-state index contributed by atoms with van der Waals surface area (Å²) in [7, 11) is 0. The van der Waals surface area contributed by atoms with E-state index in [4.69, 9.17) is 23.2 Å². The molecule has 3 aromatic carbocycles. The molecule has 2 amide bonds. The fraction of sp³-hybridized carbons (Fsp3) is 0.259. The lowest BCUT2D eigenvalue weighted by molar-refractivity contribution is -0.120. The Morgan fingerprint density at radius 1 is 1.00 bits per heavy atom. The minimum absolute atomic E-state index is 0.119. The summed E-state index contributed by atoms with van der Waals surface area (Å²) in [6.07, 6.45) is 1.47. The summed E-state index contributed by atoms with van der Waals surface area (Å²) in [5.74, 6) is -1.01.